The molecule has 110 valence electrons. The Morgan fingerprint density at radius 1 is 1.05 bits per heavy atom. The van der Waals surface area contributed by atoms with Crippen LogP contribution < -0.4 is 10.4 Å². The highest BCUT2D eigenvalue weighted by atomic mass is 19.1. The molecule has 1 heterocycles. The standard InChI is InChI=1S/C16H11FN2O3/c17-11-5-7-12(8-6-11)19-16(22)13(15(21)18-19)9-10-3-1-2-4-14(10)20/h1-9,20H,(H,18,21). The van der Waals surface area contributed by atoms with E-state index >= 15 is 0 Å². The predicted molar refractivity (Wildman–Crippen MR) is 78.1 cm³/mol. The first kappa shape index (κ1) is 13.8. The summed E-state index contributed by atoms with van der Waals surface area (Å²) in [6.45, 7) is 0. The SMILES string of the molecule is O=C1NN(c2ccc(F)cc2)C(=O)C1=Cc1ccccc1O. The number of carbonyl (C=O) groups is 2. The Balaban J connectivity index is 1.95. The van der Waals surface area contributed by atoms with Crippen molar-refractivity contribution in [2.45, 2.75) is 0 Å². The number of carbonyl (C=O) groups excluding carboxylic acids is 2. The Morgan fingerprint density at radius 2 is 1.73 bits per heavy atom. The van der Waals surface area contributed by atoms with Gasteiger partial charge in [0.05, 0.1) is 5.69 Å². The number of anilines is 1. The third-order valence-corrected chi connectivity index (χ3v) is 3.21. The molecule has 2 N–H and O–H groups in total. The van der Waals surface area contributed by atoms with Crippen molar-refractivity contribution in [1.29, 1.82) is 0 Å². The van der Waals surface area contributed by atoms with Crippen molar-refractivity contribution >= 4 is 23.6 Å². The maximum absolute atomic E-state index is 12.9. The predicted octanol–water partition coefficient (Wildman–Crippen LogP) is 1.99. The largest absolute Gasteiger partial charge is 0.507 e. The van der Waals surface area contributed by atoms with Crippen LogP contribution in [0.2, 0.25) is 0 Å². The van der Waals surface area contributed by atoms with Gasteiger partial charge in [-0.15, -0.1) is 0 Å². The first-order valence-electron chi connectivity index (χ1n) is 6.47. The molecule has 0 saturated carbocycles. The van der Waals surface area contributed by atoms with Gasteiger partial charge in [-0.2, -0.15) is 0 Å². The summed E-state index contributed by atoms with van der Waals surface area (Å²) in [5.74, 6) is -1.63. The van der Waals surface area contributed by atoms with Crippen molar-refractivity contribution in [2.24, 2.45) is 0 Å². The average Bonchev–Trinajstić information content (AvgIpc) is 2.78. The number of benzene rings is 2. The Hall–Kier alpha value is -3.15. The molecule has 1 saturated heterocycles. The normalized spacial score (nSPS) is 16.2. The summed E-state index contributed by atoms with van der Waals surface area (Å²) in [7, 11) is 0. The van der Waals surface area contributed by atoms with Crippen LogP contribution in [0.4, 0.5) is 10.1 Å². The molecule has 22 heavy (non-hydrogen) atoms. The summed E-state index contributed by atoms with van der Waals surface area (Å²) in [6.07, 6.45) is 1.32. The number of phenolic OH excluding ortho intramolecular Hbond substituents is 1. The van der Waals surface area contributed by atoms with E-state index in [-0.39, 0.29) is 11.3 Å². The van der Waals surface area contributed by atoms with E-state index < -0.39 is 17.6 Å². The summed E-state index contributed by atoms with van der Waals surface area (Å²) in [4.78, 5) is 24.3. The van der Waals surface area contributed by atoms with Gasteiger partial charge in [0, 0.05) is 5.56 Å². The van der Waals surface area contributed by atoms with Gasteiger partial charge in [0.25, 0.3) is 11.8 Å². The van der Waals surface area contributed by atoms with Gasteiger partial charge in [0.1, 0.15) is 17.1 Å². The molecule has 0 bridgehead atoms. The second kappa shape index (κ2) is 5.33. The van der Waals surface area contributed by atoms with E-state index in [1.54, 1.807) is 18.2 Å². The number of nitrogens with zero attached hydrogens (tertiary/aromatic N) is 1. The van der Waals surface area contributed by atoms with Gasteiger partial charge in [-0.05, 0) is 36.4 Å². The van der Waals surface area contributed by atoms with E-state index in [0.717, 1.165) is 5.01 Å². The van der Waals surface area contributed by atoms with Crippen molar-refractivity contribution in [1.82, 2.24) is 5.43 Å². The van der Waals surface area contributed by atoms with Gasteiger partial charge in [0.15, 0.2) is 0 Å². The van der Waals surface area contributed by atoms with Crippen LogP contribution in [0.25, 0.3) is 6.08 Å². The molecule has 5 nitrogen and oxygen atoms in total. The van der Waals surface area contributed by atoms with E-state index in [1.807, 2.05) is 0 Å². The van der Waals surface area contributed by atoms with E-state index in [9.17, 15) is 19.1 Å². The molecule has 1 aliphatic rings. The number of amides is 2. The van der Waals surface area contributed by atoms with Gasteiger partial charge in [-0.25, -0.2) is 9.40 Å². The van der Waals surface area contributed by atoms with Gasteiger partial charge in [-0.1, -0.05) is 18.2 Å². The maximum atomic E-state index is 12.9. The lowest BCUT2D eigenvalue weighted by atomic mass is 10.1. The highest BCUT2D eigenvalue weighted by molar-refractivity contribution is 6.31. The minimum atomic E-state index is -0.586. The average molecular weight is 298 g/mol. The van der Waals surface area contributed by atoms with Crippen LogP contribution in [-0.4, -0.2) is 16.9 Å². The second-order valence-electron chi connectivity index (χ2n) is 4.67. The van der Waals surface area contributed by atoms with Crippen molar-refractivity contribution in [3.05, 3.63) is 65.5 Å². The van der Waals surface area contributed by atoms with Crippen molar-refractivity contribution in [2.75, 3.05) is 5.01 Å². The number of para-hydroxylation sites is 1. The number of rotatable bonds is 2. The molecule has 0 aliphatic carbocycles. The highest BCUT2D eigenvalue weighted by Gasteiger charge is 2.34. The molecule has 2 amide bonds. The number of hydrogen-bond donors (Lipinski definition) is 2. The van der Waals surface area contributed by atoms with Crippen LogP contribution in [0.5, 0.6) is 5.75 Å². The van der Waals surface area contributed by atoms with Crippen molar-refractivity contribution < 1.29 is 19.1 Å². The zero-order valence-electron chi connectivity index (χ0n) is 11.3. The van der Waals surface area contributed by atoms with E-state index in [1.165, 1.54) is 36.4 Å². The lowest BCUT2D eigenvalue weighted by Crippen LogP contribution is -2.35. The zero-order valence-corrected chi connectivity index (χ0v) is 11.3. The molecule has 0 aromatic heterocycles. The summed E-state index contributed by atoms with van der Waals surface area (Å²) >= 11 is 0. The summed E-state index contributed by atoms with van der Waals surface area (Å²) in [6, 6.07) is 11.5. The molecule has 6 heteroatoms. The lowest BCUT2D eigenvalue weighted by molar-refractivity contribution is -0.117. The Morgan fingerprint density at radius 3 is 2.41 bits per heavy atom. The zero-order chi connectivity index (χ0) is 15.7. The number of hydrogen-bond acceptors (Lipinski definition) is 3. The van der Waals surface area contributed by atoms with E-state index in [2.05, 4.69) is 5.43 Å². The lowest BCUT2D eigenvalue weighted by Gasteiger charge is -2.14. The van der Waals surface area contributed by atoms with Gasteiger partial charge >= 0.3 is 0 Å². The van der Waals surface area contributed by atoms with Gasteiger partial charge in [0.2, 0.25) is 0 Å². The molecule has 3 rings (SSSR count). The molecule has 2 aromatic rings. The minimum absolute atomic E-state index is 0.0316. The summed E-state index contributed by atoms with van der Waals surface area (Å²) in [5, 5.41) is 10.7. The molecule has 2 aromatic carbocycles. The molecular formula is C16H11FN2O3. The molecule has 0 unspecified atom stereocenters. The maximum Gasteiger partial charge on any atom is 0.282 e. The smallest absolute Gasteiger partial charge is 0.282 e. The van der Waals surface area contributed by atoms with Crippen LogP contribution in [0, 0.1) is 5.82 Å². The molecule has 1 fully saturated rings. The molecule has 0 atom stereocenters. The number of aromatic hydroxyl groups is 1. The Kier molecular flexibility index (Phi) is 3.34. The first-order valence-corrected chi connectivity index (χ1v) is 6.47. The third kappa shape index (κ3) is 2.42. The molecular weight excluding hydrogens is 287 g/mol. The van der Waals surface area contributed by atoms with E-state index in [0.29, 0.717) is 11.3 Å². The monoisotopic (exact) mass is 298 g/mol. The molecule has 0 spiro atoms. The first-order chi connectivity index (χ1) is 10.6. The second-order valence-corrected chi connectivity index (χ2v) is 4.67. The van der Waals surface area contributed by atoms with Gasteiger partial charge in [-0.3, -0.25) is 15.0 Å². The van der Waals surface area contributed by atoms with Crippen LogP contribution >= 0.6 is 0 Å². The number of hydrazine groups is 1. The van der Waals surface area contributed by atoms with Crippen molar-refractivity contribution in [3.8, 4) is 5.75 Å². The number of nitrogens with one attached hydrogen (secondary N) is 1. The van der Waals surface area contributed by atoms with Gasteiger partial charge < -0.3 is 5.11 Å². The number of halogens is 1. The topological polar surface area (TPSA) is 69.6 Å². The Bertz CT molecular complexity index is 784. The highest BCUT2D eigenvalue weighted by Crippen LogP contribution is 2.24. The van der Waals surface area contributed by atoms with Crippen LogP contribution in [0.15, 0.2) is 54.1 Å². The molecule has 1 aliphatic heterocycles. The summed E-state index contributed by atoms with van der Waals surface area (Å²) in [5.41, 5.74) is 3.01. The van der Waals surface area contributed by atoms with Crippen molar-refractivity contribution in [3.63, 3.8) is 0 Å². The van der Waals surface area contributed by atoms with Crippen LogP contribution in [0.3, 0.4) is 0 Å². The fourth-order valence-corrected chi connectivity index (χ4v) is 2.09. The Labute approximate surface area is 125 Å². The van der Waals surface area contributed by atoms with Crippen LogP contribution in [0.1, 0.15) is 5.56 Å². The fourth-order valence-electron chi connectivity index (χ4n) is 2.09. The number of phenols is 1. The van der Waals surface area contributed by atoms with Crippen LogP contribution in [-0.2, 0) is 9.59 Å². The van der Waals surface area contributed by atoms with E-state index in [4.69, 9.17) is 0 Å². The third-order valence-electron chi connectivity index (χ3n) is 3.21. The quantitative estimate of drug-likeness (QED) is 0.658. The summed E-state index contributed by atoms with van der Waals surface area (Å²) < 4.78 is 12.9. The minimum Gasteiger partial charge on any atom is -0.507 e. The fraction of sp³-hybridized carbons (Fsp3) is 0. The molecule has 0 radical (unpaired) electrons.